The molecule has 0 aliphatic carbocycles. The van der Waals surface area contributed by atoms with Gasteiger partial charge in [0.1, 0.15) is 0 Å². The molecule has 1 aliphatic heterocycles. The fraction of sp³-hybridized carbons (Fsp3) is 0.278. The van der Waals surface area contributed by atoms with E-state index < -0.39 is 17.6 Å². The normalized spacial score (nSPS) is 14.7. The molecule has 142 valence electrons. The molecule has 1 aliphatic rings. The highest BCUT2D eigenvalue weighted by molar-refractivity contribution is 6.05. The first-order valence-corrected chi connectivity index (χ1v) is 8.15. The van der Waals surface area contributed by atoms with Gasteiger partial charge in [0.25, 0.3) is 11.8 Å². The third-order valence-electron chi connectivity index (χ3n) is 3.99. The van der Waals surface area contributed by atoms with E-state index in [9.17, 15) is 22.8 Å². The molecule has 2 aromatic rings. The van der Waals surface area contributed by atoms with E-state index in [-0.39, 0.29) is 22.7 Å². The summed E-state index contributed by atoms with van der Waals surface area (Å²) in [4.78, 5) is 30.3. The molecule has 3 rings (SSSR count). The van der Waals surface area contributed by atoms with Crippen LogP contribution in [0, 0.1) is 0 Å². The van der Waals surface area contributed by atoms with Gasteiger partial charge in [-0.15, -0.1) is 0 Å². The van der Waals surface area contributed by atoms with E-state index in [1.807, 2.05) is 0 Å². The number of ether oxygens (including phenoxy) is 1. The van der Waals surface area contributed by atoms with Crippen molar-refractivity contribution < 1.29 is 27.5 Å². The van der Waals surface area contributed by atoms with Crippen molar-refractivity contribution in [1.82, 2.24) is 9.88 Å². The number of aromatic nitrogens is 1. The number of hydrogen-bond donors (Lipinski definition) is 1. The first kappa shape index (κ1) is 18.8. The number of amides is 2. The highest BCUT2D eigenvalue weighted by Gasteiger charge is 2.30. The molecule has 2 heterocycles. The van der Waals surface area contributed by atoms with Gasteiger partial charge in [-0.2, -0.15) is 13.2 Å². The number of nitrogens with zero attached hydrogens (tertiary/aromatic N) is 2. The Morgan fingerprint density at radius 3 is 2.48 bits per heavy atom. The SMILES string of the molecule is O=C(Nc1cccc(C(F)(F)F)c1)c1cncc(C(=O)N2CCOCC2)c1. The molecule has 9 heteroatoms. The van der Waals surface area contributed by atoms with Gasteiger partial charge in [0.05, 0.1) is 29.9 Å². The Morgan fingerprint density at radius 2 is 1.78 bits per heavy atom. The fourth-order valence-corrected chi connectivity index (χ4v) is 2.61. The van der Waals surface area contributed by atoms with Gasteiger partial charge in [-0.1, -0.05) is 6.07 Å². The summed E-state index contributed by atoms with van der Waals surface area (Å²) in [5.74, 6) is -0.932. The zero-order valence-electron chi connectivity index (χ0n) is 14.1. The summed E-state index contributed by atoms with van der Waals surface area (Å²) in [5, 5.41) is 2.39. The summed E-state index contributed by atoms with van der Waals surface area (Å²) in [5.41, 5.74) is -0.561. The summed E-state index contributed by atoms with van der Waals surface area (Å²) in [6, 6.07) is 5.68. The Balaban J connectivity index is 1.75. The number of halogens is 3. The van der Waals surface area contributed by atoms with Crippen LogP contribution in [0.5, 0.6) is 0 Å². The van der Waals surface area contributed by atoms with E-state index in [2.05, 4.69) is 10.3 Å². The van der Waals surface area contributed by atoms with Gasteiger partial charge in [-0.25, -0.2) is 0 Å². The Labute approximate surface area is 152 Å². The number of carbonyl (C=O) groups excluding carboxylic acids is 2. The summed E-state index contributed by atoms with van der Waals surface area (Å²) in [7, 11) is 0. The van der Waals surface area contributed by atoms with Crippen LogP contribution in [0.4, 0.5) is 18.9 Å². The van der Waals surface area contributed by atoms with E-state index in [1.54, 1.807) is 4.90 Å². The molecule has 27 heavy (non-hydrogen) atoms. The minimum absolute atomic E-state index is 0.000246. The van der Waals surface area contributed by atoms with Crippen molar-refractivity contribution in [3.63, 3.8) is 0 Å². The summed E-state index contributed by atoms with van der Waals surface area (Å²) >= 11 is 0. The highest BCUT2D eigenvalue weighted by Crippen LogP contribution is 2.30. The van der Waals surface area contributed by atoms with Crippen LogP contribution < -0.4 is 5.32 Å². The first-order chi connectivity index (χ1) is 12.8. The average molecular weight is 379 g/mol. The number of morpholine rings is 1. The lowest BCUT2D eigenvalue weighted by molar-refractivity contribution is -0.137. The van der Waals surface area contributed by atoms with Crippen molar-refractivity contribution >= 4 is 17.5 Å². The molecule has 0 atom stereocenters. The predicted octanol–water partition coefficient (Wildman–Crippen LogP) is 2.83. The van der Waals surface area contributed by atoms with Crippen molar-refractivity contribution in [3.8, 4) is 0 Å². The third kappa shape index (κ3) is 4.62. The second-order valence-electron chi connectivity index (χ2n) is 5.90. The van der Waals surface area contributed by atoms with Crippen molar-refractivity contribution in [2.75, 3.05) is 31.6 Å². The minimum atomic E-state index is -4.51. The Morgan fingerprint density at radius 1 is 1.07 bits per heavy atom. The van der Waals surface area contributed by atoms with Crippen LogP contribution in [-0.4, -0.2) is 48.0 Å². The largest absolute Gasteiger partial charge is 0.416 e. The maximum absolute atomic E-state index is 12.8. The number of rotatable bonds is 3. The zero-order valence-corrected chi connectivity index (χ0v) is 14.1. The van der Waals surface area contributed by atoms with Crippen molar-refractivity contribution in [3.05, 3.63) is 59.4 Å². The van der Waals surface area contributed by atoms with Gasteiger partial charge in [0.15, 0.2) is 0 Å². The van der Waals surface area contributed by atoms with Crippen molar-refractivity contribution in [1.29, 1.82) is 0 Å². The highest BCUT2D eigenvalue weighted by atomic mass is 19.4. The molecule has 2 amide bonds. The summed E-state index contributed by atoms with van der Waals surface area (Å²) in [6.45, 7) is 1.77. The molecule has 0 spiro atoms. The monoisotopic (exact) mass is 379 g/mol. The smallest absolute Gasteiger partial charge is 0.378 e. The quantitative estimate of drug-likeness (QED) is 0.890. The van der Waals surface area contributed by atoms with Crippen molar-refractivity contribution in [2.24, 2.45) is 0 Å². The predicted molar refractivity (Wildman–Crippen MR) is 90.4 cm³/mol. The van der Waals surface area contributed by atoms with Crippen LogP contribution >= 0.6 is 0 Å². The third-order valence-corrected chi connectivity index (χ3v) is 3.99. The Kier molecular flexibility index (Phi) is 5.41. The first-order valence-electron chi connectivity index (χ1n) is 8.15. The molecule has 0 saturated carbocycles. The Hall–Kier alpha value is -2.94. The van der Waals surface area contributed by atoms with Crippen LogP contribution in [0.3, 0.4) is 0 Å². The van der Waals surface area contributed by atoms with Crippen LogP contribution in [0.2, 0.25) is 0 Å². The fourth-order valence-electron chi connectivity index (χ4n) is 2.61. The van der Waals surface area contributed by atoms with E-state index in [4.69, 9.17) is 4.74 Å². The van der Waals surface area contributed by atoms with Gasteiger partial charge in [0, 0.05) is 31.2 Å². The molecule has 1 N–H and O–H groups in total. The van der Waals surface area contributed by atoms with E-state index in [1.165, 1.54) is 30.6 Å². The van der Waals surface area contributed by atoms with Gasteiger partial charge in [-0.05, 0) is 24.3 Å². The van der Waals surface area contributed by atoms with Crippen LogP contribution in [0.15, 0.2) is 42.7 Å². The molecule has 1 aromatic carbocycles. The Bertz CT molecular complexity index is 849. The van der Waals surface area contributed by atoms with E-state index in [0.717, 1.165) is 12.1 Å². The number of carbonyl (C=O) groups is 2. The lowest BCUT2D eigenvalue weighted by atomic mass is 10.1. The molecule has 0 radical (unpaired) electrons. The zero-order chi connectivity index (χ0) is 19.4. The van der Waals surface area contributed by atoms with Crippen LogP contribution in [-0.2, 0) is 10.9 Å². The van der Waals surface area contributed by atoms with Gasteiger partial charge < -0.3 is 15.0 Å². The van der Waals surface area contributed by atoms with Gasteiger partial charge in [0.2, 0.25) is 0 Å². The average Bonchev–Trinajstić information content (AvgIpc) is 2.68. The second kappa shape index (κ2) is 7.75. The number of pyridine rings is 1. The topological polar surface area (TPSA) is 71.5 Å². The van der Waals surface area contributed by atoms with Crippen molar-refractivity contribution in [2.45, 2.75) is 6.18 Å². The maximum atomic E-state index is 12.8. The van der Waals surface area contributed by atoms with Gasteiger partial charge in [-0.3, -0.25) is 14.6 Å². The molecule has 0 bridgehead atoms. The van der Waals surface area contributed by atoms with Crippen LogP contribution in [0.25, 0.3) is 0 Å². The lowest BCUT2D eigenvalue weighted by Gasteiger charge is -2.26. The minimum Gasteiger partial charge on any atom is -0.378 e. The van der Waals surface area contributed by atoms with Crippen LogP contribution in [0.1, 0.15) is 26.3 Å². The number of benzene rings is 1. The number of anilines is 1. The molecule has 0 unspecified atom stereocenters. The molecule has 6 nitrogen and oxygen atoms in total. The molecule has 1 fully saturated rings. The summed E-state index contributed by atoms with van der Waals surface area (Å²) in [6.07, 6.45) is -1.91. The summed E-state index contributed by atoms with van der Waals surface area (Å²) < 4.78 is 43.5. The van der Waals surface area contributed by atoms with E-state index >= 15 is 0 Å². The molecule has 1 aromatic heterocycles. The lowest BCUT2D eigenvalue weighted by Crippen LogP contribution is -2.40. The molecular weight excluding hydrogens is 363 g/mol. The maximum Gasteiger partial charge on any atom is 0.416 e. The van der Waals surface area contributed by atoms with E-state index in [0.29, 0.717) is 26.3 Å². The number of alkyl halides is 3. The molecule has 1 saturated heterocycles. The number of nitrogens with one attached hydrogen (secondary N) is 1. The standard InChI is InChI=1S/C18H16F3N3O3/c19-18(20,21)14-2-1-3-15(9-14)23-16(25)12-8-13(11-22-10-12)17(26)24-4-6-27-7-5-24/h1-3,8-11H,4-7H2,(H,23,25). The second-order valence-corrected chi connectivity index (χ2v) is 5.90. The molecular formula is C18H16F3N3O3. The number of hydrogen-bond acceptors (Lipinski definition) is 4. The van der Waals surface area contributed by atoms with Gasteiger partial charge >= 0.3 is 6.18 Å².